The molecule has 4 nitrogen and oxygen atoms in total. The van der Waals surface area contributed by atoms with Crippen LogP contribution in [0.2, 0.25) is 18.1 Å². The smallest absolute Gasteiger partial charge is 0.192 e. The fourth-order valence-corrected chi connectivity index (χ4v) is 6.47. The van der Waals surface area contributed by atoms with E-state index in [1.54, 1.807) is 6.07 Å². The van der Waals surface area contributed by atoms with Gasteiger partial charge >= 0.3 is 0 Å². The first-order valence-electron chi connectivity index (χ1n) is 12.6. The van der Waals surface area contributed by atoms with Crippen LogP contribution in [-0.4, -0.2) is 45.7 Å². The minimum Gasteiger partial charge on any atom is -0.488 e. The number of halogens is 1. The molecule has 2 atom stereocenters. The zero-order chi connectivity index (χ0) is 23.1. The van der Waals surface area contributed by atoms with Crippen molar-refractivity contribution in [3.8, 4) is 5.75 Å². The third-order valence-corrected chi connectivity index (χ3v) is 13.1. The zero-order valence-corrected chi connectivity index (χ0v) is 22.0. The number of rotatable bonds is 6. The molecule has 1 aliphatic heterocycles. The number of fused-ring (bicyclic) bond motifs is 1. The van der Waals surface area contributed by atoms with Crippen molar-refractivity contribution in [2.75, 3.05) is 24.7 Å². The number of piperazine rings is 1. The van der Waals surface area contributed by atoms with Crippen molar-refractivity contribution in [1.82, 2.24) is 5.32 Å². The Morgan fingerprint density at radius 1 is 1.12 bits per heavy atom. The molecule has 3 aliphatic rings. The fraction of sp³-hybridized carbons (Fsp3) is 0.769. The normalized spacial score (nSPS) is 25.4. The number of aryl methyl sites for hydroxylation is 1. The molecule has 1 spiro atoms. The van der Waals surface area contributed by atoms with Gasteiger partial charge in [0.1, 0.15) is 6.61 Å². The molecule has 1 aromatic rings. The summed E-state index contributed by atoms with van der Waals surface area (Å²) in [5.41, 5.74) is 2.13. The molecule has 0 amide bonds. The van der Waals surface area contributed by atoms with Crippen molar-refractivity contribution < 1.29 is 13.6 Å². The topological polar surface area (TPSA) is 33.7 Å². The van der Waals surface area contributed by atoms with Gasteiger partial charge in [0, 0.05) is 35.9 Å². The largest absolute Gasteiger partial charge is 0.488 e. The second-order valence-corrected chi connectivity index (χ2v) is 16.7. The van der Waals surface area contributed by atoms with Crippen LogP contribution >= 0.6 is 0 Å². The number of hydrogen-bond acceptors (Lipinski definition) is 4. The Balaban J connectivity index is 1.45. The number of ether oxygens (including phenoxy) is 1. The maximum Gasteiger partial charge on any atom is 0.192 e. The summed E-state index contributed by atoms with van der Waals surface area (Å²) < 4.78 is 27.3. The molecule has 1 saturated heterocycles. The molecule has 2 saturated carbocycles. The van der Waals surface area contributed by atoms with Gasteiger partial charge < -0.3 is 19.4 Å². The molecule has 180 valence electrons. The van der Waals surface area contributed by atoms with Gasteiger partial charge in [-0.15, -0.1) is 0 Å². The van der Waals surface area contributed by atoms with Crippen LogP contribution in [-0.2, 0) is 4.43 Å². The molecule has 0 unspecified atom stereocenters. The van der Waals surface area contributed by atoms with Crippen LogP contribution < -0.4 is 15.0 Å². The first kappa shape index (κ1) is 24.0. The second-order valence-electron chi connectivity index (χ2n) is 11.9. The van der Waals surface area contributed by atoms with E-state index in [-0.39, 0.29) is 16.4 Å². The fourth-order valence-electron chi connectivity index (χ4n) is 5.44. The van der Waals surface area contributed by atoms with E-state index in [9.17, 15) is 0 Å². The molecule has 3 fully saturated rings. The Hall–Kier alpha value is -1.11. The number of benzene rings is 1. The van der Waals surface area contributed by atoms with Crippen molar-refractivity contribution in [2.45, 2.75) is 108 Å². The van der Waals surface area contributed by atoms with E-state index < -0.39 is 8.32 Å². The molecule has 6 heteroatoms. The first-order valence-corrected chi connectivity index (χ1v) is 15.5. The first-order chi connectivity index (χ1) is 15.0. The minimum atomic E-state index is -1.82. The summed E-state index contributed by atoms with van der Waals surface area (Å²) in [6.45, 7) is 15.0. The lowest BCUT2D eigenvalue weighted by molar-refractivity contribution is 0.105. The Labute approximate surface area is 195 Å². The Bertz CT molecular complexity index is 796. The van der Waals surface area contributed by atoms with Crippen LogP contribution in [0.3, 0.4) is 0 Å². The van der Waals surface area contributed by atoms with Gasteiger partial charge in [0.2, 0.25) is 0 Å². The lowest BCUT2D eigenvalue weighted by Crippen LogP contribution is -2.72. The molecule has 4 rings (SSSR count). The summed E-state index contributed by atoms with van der Waals surface area (Å²) in [5.74, 6) is 0.127. The highest BCUT2D eigenvalue weighted by atomic mass is 28.4. The average Bonchev–Trinajstić information content (AvgIpc) is 2.69. The van der Waals surface area contributed by atoms with Crippen LogP contribution in [0.4, 0.5) is 10.1 Å². The summed E-state index contributed by atoms with van der Waals surface area (Å²) >= 11 is 0. The minimum absolute atomic E-state index is 0.161. The van der Waals surface area contributed by atoms with E-state index >= 15 is 4.39 Å². The average molecular weight is 463 g/mol. The van der Waals surface area contributed by atoms with Crippen LogP contribution in [0.5, 0.6) is 5.75 Å². The van der Waals surface area contributed by atoms with Crippen molar-refractivity contribution in [1.29, 1.82) is 0 Å². The SMILES string of the molecule is Cc1cc(N2CC3(CCC3)N[C@H]3CCCC[C@@H]32)cc(F)c1OCCO[Si](C)(C)C(C)(C)C. The summed E-state index contributed by atoms with van der Waals surface area (Å²) in [6.07, 6.45) is 8.78. The second kappa shape index (κ2) is 8.92. The van der Waals surface area contributed by atoms with Gasteiger partial charge in [-0.3, -0.25) is 0 Å². The summed E-state index contributed by atoms with van der Waals surface area (Å²) in [5, 5.41) is 4.16. The van der Waals surface area contributed by atoms with Gasteiger partial charge in [0.05, 0.1) is 6.61 Å². The van der Waals surface area contributed by atoms with E-state index in [1.165, 1.54) is 44.9 Å². The molecule has 32 heavy (non-hydrogen) atoms. The Morgan fingerprint density at radius 3 is 2.47 bits per heavy atom. The van der Waals surface area contributed by atoms with Gasteiger partial charge in [-0.05, 0) is 68.8 Å². The highest BCUT2D eigenvalue weighted by Crippen LogP contribution is 2.43. The molecule has 0 radical (unpaired) electrons. The zero-order valence-electron chi connectivity index (χ0n) is 21.0. The molecular weight excluding hydrogens is 419 g/mol. The number of anilines is 1. The third-order valence-electron chi connectivity index (χ3n) is 8.55. The van der Waals surface area contributed by atoms with Gasteiger partial charge in [-0.2, -0.15) is 0 Å². The highest BCUT2D eigenvalue weighted by molar-refractivity contribution is 6.74. The predicted octanol–water partition coefficient (Wildman–Crippen LogP) is 6.18. The van der Waals surface area contributed by atoms with Gasteiger partial charge in [0.25, 0.3) is 0 Å². The number of nitrogens with one attached hydrogen (secondary N) is 1. The maximum absolute atomic E-state index is 15.2. The lowest BCUT2D eigenvalue weighted by atomic mass is 9.71. The van der Waals surface area contributed by atoms with E-state index in [1.807, 2.05) is 6.92 Å². The summed E-state index contributed by atoms with van der Waals surface area (Å²) in [6, 6.07) is 4.85. The number of hydrogen-bond donors (Lipinski definition) is 1. The number of nitrogens with zero attached hydrogens (tertiary/aromatic N) is 1. The van der Waals surface area contributed by atoms with Gasteiger partial charge in [-0.1, -0.05) is 33.6 Å². The van der Waals surface area contributed by atoms with E-state index in [0.29, 0.717) is 31.0 Å². The maximum atomic E-state index is 15.2. The van der Waals surface area contributed by atoms with Crippen LogP contribution in [0.15, 0.2) is 12.1 Å². The van der Waals surface area contributed by atoms with Crippen LogP contribution in [0.1, 0.15) is 71.3 Å². The van der Waals surface area contributed by atoms with E-state index in [4.69, 9.17) is 9.16 Å². The molecule has 1 N–H and O–H groups in total. The van der Waals surface area contributed by atoms with E-state index in [2.05, 4.69) is 50.1 Å². The predicted molar refractivity (Wildman–Crippen MR) is 133 cm³/mol. The molecular formula is C26H43FN2O2Si. The molecule has 1 heterocycles. The third kappa shape index (κ3) is 4.73. The molecule has 2 aliphatic carbocycles. The van der Waals surface area contributed by atoms with E-state index in [0.717, 1.165) is 17.8 Å². The van der Waals surface area contributed by atoms with Crippen molar-refractivity contribution in [2.24, 2.45) is 0 Å². The molecule has 0 aromatic heterocycles. The van der Waals surface area contributed by atoms with Gasteiger partial charge in [-0.25, -0.2) is 4.39 Å². The molecule has 1 aromatic carbocycles. The summed E-state index contributed by atoms with van der Waals surface area (Å²) in [7, 11) is -1.82. The molecule has 0 bridgehead atoms. The van der Waals surface area contributed by atoms with Crippen LogP contribution in [0.25, 0.3) is 0 Å². The quantitative estimate of drug-likeness (QED) is 0.404. The summed E-state index contributed by atoms with van der Waals surface area (Å²) in [4.78, 5) is 2.51. The van der Waals surface area contributed by atoms with Crippen molar-refractivity contribution in [3.63, 3.8) is 0 Å². The lowest BCUT2D eigenvalue weighted by Gasteiger charge is -2.58. The highest BCUT2D eigenvalue weighted by Gasteiger charge is 2.48. The standard InChI is InChI=1S/C26H43FN2O2Si/c1-19-16-20(17-21(27)24(19)30-14-15-31-32(5,6)25(2,3)4)29-18-26(12-9-13-26)28-22-10-7-8-11-23(22)29/h16-17,22-23,28H,7-15,18H2,1-6H3/t22-,23-/m0/s1. The van der Waals surface area contributed by atoms with Gasteiger partial charge in [0.15, 0.2) is 19.9 Å². The Kier molecular flexibility index (Phi) is 6.69. The van der Waals surface area contributed by atoms with Crippen molar-refractivity contribution in [3.05, 3.63) is 23.5 Å². The van der Waals surface area contributed by atoms with Crippen LogP contribution in [0, 0.1) is 12.7 Å². The Morgan fingerprint density at radius 2 is 1.84 bits per heavy atom. The van der Waals surface area contributed by atoms with Crippen molar-refractivity contribution >= 4 is 14.0 Å². The monoisotopic (exact) mass is 462 g/mol.